The molecule has 0 saturated heterocycles. The number of benzene rings is 7. The third-order valence-electron chi connectivity index (χ3n) is 8.65. The second-order valence-corrected chi connectivity index (χ2v) is 11.5. The Labute approximate surface area is 265 Å². The van der Waals surface area contributed by atoms with Gasteiger partial charge in [0.1, 0.15) is 0 Å². The van der Waals surface area contributed by atoms with Crippen molar-refractivity contribution >= 4 is 43.4 Å². The Bertz CT molecular complexity index is 2490. The lowest BCUT2D eigenvalue weighted by Crippen LogP contribution is -2.00. The zero-order valence-corrected chi connectivity index (χ0v) is 24.8. The highest BCUT2D eigenvalue weighted by atomic mass is 15.0. The molecule has 0 atom stereocenters. The number of rotatable bonds is 4. The van der Waals surface area contributed by atoms with Gasteiger partial charge in [-0.1, -0.05) is 133 Å². The van der Waals surface area contributed by atoms with Gasteiger partial charge in [0.25, 0.3) is 0 Å². The topological polar surface area (TPSA) is 51.6 Å². The minimum Gasteiger partial charge on any atom is -0.248 e. The van der Waals surface area contributed by atoms with E-state index < -0.39 is 0 Å². The van der Waals surface area contributed by atoms with Crippen LogP contribution < -0.4 is 0 Å². The number of nitrogens with zero attached hydrogens (tertiary/aromatic N) is 4. The van der Waals surface area contributed by atoms with E-state index in [1.807, 2.05) is 12.1 Å². The van der Waals surface area contributed by atoms with Crippen molar-refractivity contribution in [1.82, 2.24) is 19.9 Å². The van der Waals surface area contributed by atoms with E-state index in [0.717, 1.165) is 54.8 Å². The first-order valence-electron chi connectivity index (χ1n) is 15.4. The van der Waals surface area contributed by atoms with Crippen molar-refractivity contribution in [2.24, 2.45) is 0 Å². The van der Waals surface area contributed by atoms with Gasteiger partial charge >= 0.3 is 0 Å². The van der Waals surface area contributed by atoms with E-state index in [4.69, 9.17) is 19.9 Å². The molecule has 0 spiro atoms. The normalized spacial score (nSPS) is 11.5. The maximum absolute atomic E-state index is 5.11. The second kappa shape index (κ2) is 10.7. The number of pyridine rings is 1. The Morgan fingerprint density at radius 3 is 1.39 bits per heavy atom. The zero-order chi connectivity index (χ0) is 30.5. The van der Waals surface area contributed by atoms with Crippen molar-refractivity contribution in [3.05, 3.63) is 158 Å². The Hall–Kier alpha value is -6.26. The molecular formula is C42H26N4. The van der Waals surface area contributed by atoms with E-state index in [1.165, 1.54) is 16.3 Å². The van der Waals surface area contributed by atoms with Gasteiger partial charge < -0.3 is 0 Å². The highest BCUT2D eigenvalue weighted by Gasteiger charge is 2.16. The number of aromatic nitrogens is 4. The lowest BCUT2D eigenvalue weighted by molar-refractivity contribution is 1.08. The van der Waals surface area contributed by atoms with Crippen LogP contribution >= 0.6 is 0 Å². The van der Waals surface area contributed by atoms with Crippen molar-refractivity contribution in [2.45, 2.75) is 0 Å². The Kier molecular flexibility index (Phi) is 6.10. The molecular weight excluding hydrogens is 560 g/mol. The molecule has 0 unspecified atom stereocenters. The van der Waals surface area contributed by atoms with Gasteiger partial charge in [0, 0.05) is 33.0 Å². The van der Waals surface area contributed by atoms with Crippen molar-refractivity contribution in [3.63, 3.8) is 0 Å². The number of hydrogen-bond donors (Lipinski definition) is 0. The number of hydrogen-bond acceptors (Lipinski definition) is 4. The largest absolute Gasteiger partial charge is 0.248 e. The van der Waals surface area contributed by atoms with Crippen molar-refractivity contribution in [3.8, 4) is 45.3 Å². The van der Waals surface area contributed by atoms with Gasteiger partial charge in [-0.15, -0.1) is 0 Å². The molecule has 9 rings (SSSR count). The van der Waals surface area contributed by atoms with Crippen LogP contribution in [-0.2, 0) is 0 Å². The van der Waals surface area contributed by atoms with Gasteiger partial charge in [0.05, 0.1) is 11.0 Å². The number of fused-ring (bicyclic) bond motifs is 4. The fourth-order valence-corrected chi connectivity index (χ4v) is 6.37. The molecule has 0 aliphatic heterocycles. The molecule has 0 bridgehead atoms. The van der Waals surface area contributed by atoms with Gasteiger partial charge in [-0.25, -0.2) is 19.9 Å². The first-order chi connectivity index (χ1) is 22.8. The Balaban J connectivity index is 1.26. The number of para-hydroxylation sites is 1. The van der Waals surface area contributed by atoms with Crippen LogP contribution in [0.5, 0.6) is 0 Å². The second-order valence-electron chi connectivity index (χ2n) is 11.5. The maximum atomic E-state index is 5.11. The van der Waals surface area contributed by atoms with Crippen LogP contribution in [0.4, 0.5) is 0 Å². The molecule has 0 saturated carbocycles. The monoisotopic (exact) mass is 586 g/mol. The summed E-state index contributed by atoms with van der Waals surface area (Å²) in [5.41, 5.74) is 6.97. The van der Waals surface area contributed by atoms with Crippen molar-refractivity contribution < 1.29 is 0 Å². The molecule has 214 valence electrons. The molecule has 0 amide bonds. The SMILES string of the molecule is c1ccc(-c2c3ccccc3nc3cc(-c4nc(-c5ccc6ccccc6c5)nc(-c5ccc6ccccc6c5)n4)ccc23)cc1. The molecule has 0 aliphatic carbocycles. The average Bonchev–Trinajstić information content (AvgIpc) is 3.13. The van der Waals surface area contributed by atoms with Gasteiger partial charge in [-0.2, -0.15) is 0 Å². The molecule has 9 aromatic rings. The summed E-state index contributed by atoms with van der Waals surface area (Å²) in [5.74, 6) is 1.88. The zero-order valence-electron chi connectivity index (χ0n) is 24.8. The highest BCUT2D eigenvalue weighted by Crippen LogP contribution is 2.36. The van der Waals surface area contributed by atoms with E-state index in [9.17, 15) is 0 Å². The lowest BCUT2D eigenvalue weighted by Gasteiger charge is -2.13. The highest BCUT2D eigenvalue weighted by molar-refractivity contribution is 6.10. The Morgan fingerprint density at radius 2 is 0.761 bits per heavy atom. The fraction of sp³-hybridized carbons (Fsp3) is 0. The van der Waals surface area contributed by atoms with E-state index >= 15 is 0 Å². The first-order valence-corrected chi connectivity index (χ1v) is 15.4. The molecule has 0 aliphatic rings. The molecule has 4 nitrogen and oxygen atoms in total. The summed E-state index contributed by atoms with van der Waals surface area (Å²) in [5, 5.41) is 6.86. The molecule has 0 N–H and O–H groups in total. The van der Waals surface area contributed by atoms with Gasteiger partial charge in [0.15, 0.2) is 17.5 Å². The standard InChI is InChI=1S/C42H26N4/c1-2-12-29(13-3-1)39-35-16-8-9-17-37(35)43-38-26-34(22-23-36(38)39)42-45-40(32-20-18-27-10-4-6-14-30(27)24-32)44-41(46-42)33-21-19-28-11-5-7-15-31(28)25-33/h1-26H. The van der Waals surface area contributed by atoms with Crippen LogP contribution in [0.1, 0.15) is 0 Å². The average molecular weight is 587 g/mol. The summed E-state index contributed by atoms with van der Waals surface area (Å²) >= 11 is 0. The fourth-order valence-electron chi connectivity index (χ4n) is 6.37. The smallest absolute Gasteiger partial charge is 0.164 e. The molecule has 7 aromatic carbocycles. The van der Waals surface area contributed by atoms with Crippen LogP contribution in [-0.4, -0.2) is 19.9 Å². The van der Waals surface area contributed by atoms with Crippen LogP contribution in [0.15, 0.2) is 158 Å². The molecule has 46 heavy (non-hydrogen) atoms. The summed E-state index contributed by atoms with van der Waals surface area (Å²) < 4.78 is 0. The maximum Gasteiger partial charge on any atom is 0.164 e. The van der Waals surface area contributed by atoms with Gasteiger partial charge in [0.2, 0.25) is 0 Å². The van der Waals surface area contributed by atoms with E-state index in [1.54, 1.807) is 0 Å². The van der Waals surface area contributed by atoms with Crippen LogP contribution in [0.2, 0.25) is 0 Å². The van der Waals surface area contributed by atoms with Crippen molar-refractivity contribution in [1.29, 1.82) is 0 Å². The third-order valence-corrected chi connectivity index (χ3v) is 8.65. The van der Waals surface area contributed by atoms with E-state index in [0.29, 0.717) is 17.5 Å². The van der Waals surface area contributed by atoms with Crippen LogP contribution in [0.3, 0.4) is 0 Å². The molecule has 2 heterocycles. The quantitative estimate of drug-likeness (QED) is 0.193. The lowest BCUT2D eigenvalue weighted by atomic mass is 9.95. The minimum atomic E-state index is 0.611. The third kappa shape index (κ3) is 4.56. The minimum absolute atomic E-state index is 0.611. The molecule has 2 aromatic heterocycles. The van der Waals surface area contributed by atoms with Gasteiger partial charge in [-0.3, -0.25) is 0 Å². The summed E-state index contributed by atoms with van der Waals surface area (Å²) in [6.07, 6.45) is 0. The van der Waals surface area contributed by atoms with Crippen LogP contribution in [0, 0.1) is 0 Å². The first kappa shape index (κ1) is 26.2. The summed E-state index contributed by atoms with van der Waals surface area (Å²) in [6, 6.07) is 54.7. The predicted molar refractivity (Wildman–Crippen MR) is 189 cm³/mol. The molecule has 0 fully saturated rings. The molecule has 0 radical (unpaired) electrons. The Morgan fingerprint density at radius 1 is 0.283 bits per heavy atom. The van der Waals surface area contributed by atoms with Gasteiger partial charge in [-0.05, 0) is 51.4 Å². The summed E-state index contributed by atoms with van der Waals surface area (Å²) in [6.45, 7) is 0. The van der Waals surface area contributed by atoms with Crippen LogP contribution in [0.25, 0.3) is 88.6 Å². The van der Waals surface area contributed by atoms with E-state index in [-0.39, 0.29) is 0 Å². The van der Waals surface area contributed by atoms with Crippen molar-refractivity contribution in [2.75, 3.05) is 0 Å². The predicted octanol–water partition coefficient (Wildman–Crippen LogP) is 10.5. The summed E-state index contributed by atoms with van der Waals surface area (Å²) in [7, 11) is 0. The van der Waals surface area contributed by atoms with E-state index in [2.05, 4.69) is 146 Å². The summed E-state index contributed by atoms with van der Waals surface area (Å²) in [4.78, 5) is 20.3. The molecule has 4 heteroatoms.